The van der Waals surface area contributed by atoms with Crippen LogP contribution < -0.4 is 0 Å². The maximum Gasteiger partial charge on any atom is 0.211 e. The highest BCUT2D eigenvalue weighted by molar-refractivity contribution is 5.80. The molecule has 4 nitrogen and oxygen atoms in total. The third-order valence-electron chi connectivity index (χ3n) is 1.23. The fourth-order valence-corrected chi connectivity index (χ4v) is 0.671. The minimum atomic E-state index is 0.596. The molecule has 0 heterocycles. The molecule has 0 N–H and O–H groups in total. The van der Waals surface area contributed by atoms with Gasteiger partial charge in [0.05, 0.1) is 0 Å². The van der Waals surface area contributed by atoms with E-state index in [9.17, 15) is 0 Å². The van der Waals surface area contributed by atoms with Crippen LogP contribution in [0.2, 0.25) is 0 Å². The summed E-state index contributed by atoms with van der Waals surface area (Å²) in [5.74, 6) is 0.627. The summed E-state index contributed by atoms with van der Waals surface area (Å²) in [6.07, 6.45) is 1.74. The molecule has 0 saturated heterocycles. The van der Waals surface area contributed by atoms with Crippen LogP contribution >= 0.6 is 0 Å². The van der Waals surface area contributed by atoms with E-state index in [-0.39, 0.29) is 0 Å². The van der Waals surface area contributed by atoms with Crippen molar-refractivity contribution < 1.29 is 0 Å². The van der Waals surface area contributed by atoms with E-state index in [0.717, 1.165) is 0 Å². The van der Waals surface area contributed by atoms with Gasteiger partial charge in [-0.1, -0.05) is 0 Å². The van der Waals surface area contributed by atoms with E-state index < -0.39 is 0 Å². The Kier molecular flexibility index (Phi) is 4.04. The number of hydrogen-bond donors (Lipinski definition) is 0. The molecule has 0 amide bonds. The van der Waals surface area contributed by atoms with E-state index in [2.05, 4.69) is 11.9 Å². The van der Waals surface area contributed by atoms with E-state index in [4.69, 9.17) is 5.26 Å². The molecule has 0 aliphatic heterocycles. The second kappa shape index (κ2) is 4.56. The lowest BCUT2D eigenvalue weighted by molar-refractivity contribution is 0.456. The van der Waals surface area contributed by atoms with Gasteiger partial charge < -0.3 is 9.80 Å². The Morgan fingerprint density at radius 1 is 1.55 bits per heavy atom. The molecule has 0 aromatic carbocycles. The Bertz CT molecular complexity index is 177. The summed E-state index contributed by atoms with van der Waals surface area (Å²) < 4.78 is 0. The highest BCUT2D eigenvalue weighted by atomic mass is 15.3. The lowest BCUT2D eigenvalue weighted by Crippen LogP contribution is -2.37. The summed E-state index contributed by atoms with van der Waals surface area (Å²) in [6, 6.07) is 0. The topological polar surface area (TPSA) is 42.6 Å². The maximum atomic E-state index is 8.32. The van der Waals surface area contributed by atoms with Crippen LogP contribution in [0.3, 0.4) is 0 Å². The van der Waals surface area contributed by atoms with Crippen LogP contribution in [0, 0.1) is 18.4 Å². The van der Waals surface area contributed by atoms with Crippen molar-refractivity contribution in [2.24, 2.45) is 4.99 Å². The molecule has 0 rings (SSSR count). The first-order valence-corrected chi connectivity index (χ1v) is 3.28. The standard InChI is InChI=1S/C7H13N4/c1-5-11(4)7(9-6-8)10(2)3/h1,5H2,2-4H3. The number of rotatable bonds is 1. The first kappa shape index (κ1) is 9.76. The third-order valence-corrected chi connectivity index (χ3v) is 1.23. The van der Waals surface area contributed by atoms with Crippen LogP contribution in [0.5, 0.6) is 0 Å². The van der Waals surface area contributed by atoms with Crippen molar-refractivity contribution in [1.29, 1.82) is 5.26 Å². The fraction of sp³-hybridized carbons (Fsp3) is 0.571. The van der Waals surface area contributed by atoms with Crippen LogP contribution in [0.4, 0.5) is 0 Å². The SMILES string of the molecule is [CH2]CN(C)C(=NC#N)N(C)C. The van der Waals surface area contributed by atoms with Crippen molar-refractivity contribution in [2.75, 3.05) is 27.7 Å². The van der Waals surface area contributed by atoms with Gasteiger partial charge in [0.15, 0.2) is 0 Å². The van der Waals surface area contributed by atoms with Crippen LogP contribution in [0.15, 0.2) is 4.99 Å². The van der Waals surface area contributed by atoms with Gasteiger partial charge in [-0.15, -0.1) is 4.99 Å². The Morgan fingerprint density at radius 3 is 2.36 bits per heavy atom. The van der Waals surface area contributed by atoms with Crippen molar-refractivity contribution in [3.05, 3.63) is 6.92 Å². The van der Waals surface area contributed by atoms with Gasteiger partial charge in [0.2, 0.25) is 12.2 Å². The van der Waals surface area contributed by atoms with Gasteiger partial charge in [0.25, 0.3) is 0 Å². The predicted molar refractivity (Wildman–Crippen MR) is 44.7 cm³/mol. The van der Waals surface area contributed by atoms with Gasteiger partial charge in [0, 0.05) is 27.7 Å². The predicted octanol–water partition coefficient (Wildman–Crippen LogP) is 0.151. The zero-order chi connectivity index (χ0) is 8.85. The number of nitriles is 1. The summed E-state index contributed by atoms with van der Waals surface area (Å²) in [6.45, 7) is 4.28. The highest BCUT2D eigenvalue weighted by Crippen LogP contribution is 1.90. The van der Waals surface area contributed by atoms with Crippen molar-refractivity contribution >= 4 is 5.96 Å². The Balaban J connectivity index is 4.37. The molecule has 11 heavy (non-hydrogen) atoms. The Labute approximate surface area is 67.7 Å². The fourth-order valence-electron chi connectivity index (χ4n) is 0.671. The number of nitrogens with zero attached hydrogens (tertiary/aromatic N) is 4. The van der Waals surface area contributed by atoms with E-state index in [1.54, 1.807) is 16.0 Å². The molecule has 0 bridgehead atoms. The van der Waals surface area contributed by atoms with Crippen LogP contribution in [-0.2, 0) is 0 Å². The van der Waals surface area contributed by atoms with E-state index >= 15 is 0 Å². The largest absolute Gasteiger partial charge is 0.348 e. The number of hydrogen-bond acceptors (Lipinski definition) is 2. The van der Waals surface area contributed by atoms with Crippen LogP contribution in [0.25, 0.3) is 0 Å². The van der Waals surface area contributed by atoms with Crippen LogP contribution in [-0.4, -0.2) is 43.4 Å². The molecule has 0 aromatic heterocycles. The van der Waals surface area contributed by atoms with Gasteiger partial charge in [-0.05, 0) is 6.92 Å². The monoisotopic (exact) mass is 153 g/mol. The number of guanidine groups is 1. The molecular weight excluding hydrogens is 140 g/mol. The van der Waals surface area contributed by atoms with Crippen LogP contribution in [0.1, 0.15) is 0 Å². The summed E-state index contributed by atoms with van der Waals surface area (Å²) in [5.41, 5.74) is 0. The third kappa shape index (κ3) is 2.89. The lowest BCUT2D eigenvalue weighted by Gasteiger charge is -2.23. The van der Waals surface area contributed by atoms with E-state index in [1.807, 2.05) is 21.1 Å². The summed E-state index contributed by atoms with van der Waals surface area (Å²) in [5, 5.41) is 8.32. The zero-order valence-corrected chi connectivity index (χ0v) is 7.20. The van der Waals surface area contributed by atoms with Crippen molar-refractivity contribution in [1.82, 2.24) is 9.80 Å². The van der Waals surface area contributed by atoms with Gasteiger partial charge in [-0.3, -0.25) is 0 Å². The molecule has 0 spiro atoms. The minimum Gasteiger partial charge on any atom is -0.348 e. The van der Waals surface area contributed by atoms with Gasteiger partial charge in [0.1, 0.15) is 0 Å². The molecule has 0 aliphatic carbocycles. The molecule has 0 saturated carbocycles. The molecule has 0 fully saturated rings. The molecule has 0 aliphatic rings. The highest BCUT2D eigenvalue weighted by Gasteiger charge is 2.05. The maximum absolute atomic E-state index is 8.32. The molecule has 1 radical (unpaired) electrons. The van der Waals surface area contributed by atoms with Crippen molar-refractivity contribution in [3.63, 3.8) is 0 Å². The Morgan fingerprint density at radius 2 is 2.09 bits per heavy atom. The van der Waals surface area contributed by atoms with Gasteiger partial charge in [-0.25, -0.2) is 0 Å². The van der Waals surface area contributed by atoms with E-state index in [0.29, 0.717) is 12.5 Å². The van der Waals surface area contributed by atoms with Crippen molar-refractivity contribution in [3.8, 4) is 6.19 Å². The Hall–Kier alpha value is -1.24. The molecule has 0 unspecified atom stereocenters. The quantitative estimate of drug-likeness (QED) is 0.306. The summed E-state index contributed by atoms with van der Waals surface area (Å²) in [7, 11) is 5.51. The first-order chi connectivity index (χ1) is 5.13. The second-order valence-corrected chi connectivity index (χ2v) is 2.33. The summed E-state index contributed by atoms with van der Waals surface area (Å²) >= 11 is 0. The normalized spacial score (nSPS) is 10.6. The molecule has 61 valence electrons. The van der Waals surface area contributed by atoms with Gasteiger partial charge in [-0.2, -0.15) is 5.26 Å². The average molecular weight is 153 g/mol. The molecular formula is C7H13N4. The molecule has 4 heteroatoms. The lowest BCUT2D eigenvalue weighted by atomic mass is 10.6. The molecule has 0 atom stereocenters. The van der Waals surface area contributed by atoms with Crippen molar-refractivity contribution in [2.45, 2.75) is 0 Å². The number of aliphatic imine (C=N–C) groups is 1. The molecule has 0 aromatic rings. The second-order valence-electron chi connectivity index (χ2n) is 2.33. The zero-order valence-electron chi connectivity index (χ0n) is 7.20. The van der Waals surface area contributed by atoms with Gasteiger partial charge >= 0.3 is 0 Å². The summed E-state index contributed by atoms with van der Waals surface area (Å²) in [4.78, 5) is 7.20. The van der Waals surface area contributed by atoms with E-state index in [1.165, 1.54) is 0 Å². The first-order valence-electron chi connectivity index (χ1n) is 3.28. The minimum absolute atomic E-state index is 0.596. The average Bonchev–Trinajstić information content (AvgIpc) is 1.98. The smallest absolute Gasteiger partial charge is 0.211 e.